The number of anilines is 1. The summed E-state index contributed by atoms with van der Waals surface area (Å²) in [7, 11) is -5.82. The molecule has 33 heavy (non-hydrogen) atoms. The Bertz CT molecular complexity index is 1080. The van der Waals surface area contributed by atoms with Crippen molar-refractivity contribution >= 4 is 23.6 Å². The van der Waals surface area contributed by atoms with Crippen molar-refractivity contribution < 1.29 is 26.4 Å². The normalized spacial score (nSPS) is 12.4. The molecule has 0 unspecified atom stereocenters. The van der Waals surface area contributed by atoms with E-state index in [4.69, 9.17) is 9.05 Å². The summed E-state index contributed by atoms with van der Waals surface area (Å²) < 4.78 is 63.9. The zero-order chi connectivity index (χ0) is 24.8. The van der Waals surface area contributed by atoms with Crippen molar-refractivity contribution in [1.82, 2.24) is 9.97 Å². The van der Waals surface area contributed by atoms with Crippen molar-refractivity contribution in [3.8, 4) is 11.3 Å². The summed E-state index contributed by atoms with van der Waals surface area (Å²) >= 11 is 0. The third-order valence-electron chi connectivity index (χ3n) is 4.81. The highest BCUT2D eigenvalue weighted by Crippen LogP contribution is 2.53. The zero-order valence-electron chi connectivity index (χ0n) is 20.0. The highest BCUT2D eigenvalue weighted by Gasteiger charge is 2.31. The third-order valence-corrected chi connectivity index (χ3v) is 7.82. The Labute approximate surface area is 196 Å². The average molecular weight is 502 g/mol. The Kier molecular flexibility index (Phi) is 9.55. The molecule has 0 N–H and O–H groups in total. The molecule has 0 amide bonds. The van der Waals surface area contributed by atoms with Gasteiger partial charge in [0.1, 0.15) is 5.82 Å². The molecule has 0 atom stereocenters. The summed E-state index contributed by atoms with van der Waals surface area (Å²) in [6.45, 7) is 8.14. The molecule has 0 fully saturated rings. The second-order valence-corrected chi connectivity index (χ2v) is 12.1. The maximum Gasteiger partial charge on any atom is 0.335 e. The first-order valence-electron chi connectivity index (χ1n) is 10.9. The first-order valence-corrected chi connectivity index (χ1v) is 14.5. The lowest BCUT2D eigenvalue weighted by Gasteiger charge is -2.24. The van der Waals surface area contributed by atoms with Gasteiger partial charge in [0, 0.05) is 18.2 Å². The molecule has 2 aromatic rings. The van der Waals surface area contributed by atoms with Crippen molar-refractivity contribution in [3.05, 3.63) is 41.3 Å². The molecule has 2 rings (SSSR count). The average Bonchev–Trinajstić information content (AvgIpc) is 2.76. The van der Waals surface area contributed by atoms with Gasteiger partial charge in [0.2, 0.25) is 16.0 Å². The van der Waals surface area contributed by atoms with Crippen LogP contribution in [0.15, 0.2) is 24.3 Å². The van der Waals surface area contributed by atoms with Gasteiger partial charge in [-0.25, -0.2) is 27.1 Å². The highest BCUT2D eigenvalue weighted by molar-refractivity contribution is 7.92. The van der Waals surface area contributed by atoms with E-state index in [1.807, 2.05) is 27.7 Å². The summed E-state index contributed by atoms with van der Waals surface area (Å²) in [5.74, 6) is -0.599. The lowest BCUT2D eigenvalue weighted by atomic mass is 9.99. The van der Waals surface area contributed by atoms with E-state index in [0.717, 1.165) is 10.6 Å². The molecule has 0 saturated carbocycles. The molecular formula is C22H33FN3O5PS. The van der Waals surface area contributed by atoms with E-state index in [9.17, 15) is 17.4 Å². The topological polar surface area (TPSA) is 98.7 Å². The van der Waals surface area contributed by atoms with E-state index in [1.54, 1.807) is 12.1 Å². The molecule has 1 heterocycles. The molecule has 1 aromatic carbocycles. The summed E-state index contributed by atoms with van der Waals surface area (Å²) in [5, 5.41) is 0. The van der Waals surface area contributed by atoms with Gasteiger partial charge in [-0.2, -0.15) is 0 Å². The van der Waals surface area contributed by atoms with Crippen LogP contribution in [0.4, 0.5) is 10.3 Å². The van der Waals surface area contributed by atoms with Gasteiger partial charge in [-0.15, -0.1) is 0 Å². The van der Waals surface area contributed by atoms with Gasteiger partial charge in [-0.1, -0.05) is 27.7 Å². The van der Waals surface area contributed by atoms with Crippen LogP contribution in [-0.4, -0.2) is 44.9 Å². The molecular weight excluding hydrogens is 468 g/mol. The monoisotopic (exact) mass is 501 g/mol. The van der Waals surface area contributed by atoms with E-state index in [2.05, 4.69) is 9.97 Å². The molecule has 0 aliphatic carbocycles. The van der Waals surface area contributed by atoms with Gasteiger partial charge in [0.05, 0.1) is 37.0 Å². The largest absolute Gasteiger partial charge is 0.335 e. The van der Waals surface area contributed by atoms with Crippen LogP contribution in [0, 0.1) is 5.82 Å². The Morgan fingerprint density at radius 3 is 2.06 bits per heavy atom. The molecule has 11 heteroatoms. The third kappa shape index (κ3) is 7.30. The first kappa shape index (κ1) is 27.4. The van der Waals surface area contributed by atoms with Crippen LogP contribution >= 0.6 is 7.60 Å². The smallest absolute Gasteiger partial charge is 0.308 e. The fraction of sp³-hybridized carbons (Fsp3) is 0.545. The quantitative estimate of drug-likeness (QED) is 0.362. The van der Waals surface area contributed by atoms with E-state index >= 15 is 0 Å². The van der Waals surface area contributed by atoms with Gasteiger partial charge < -0.3 is 9.05 Å². The lowest BCUT2D eigenvalue weighted by Crippen LogP contribution is -2.28. The Morgan fingerprint density at radius 2 is 1.61 bits per heavy atom. The Hall–Kier alpha value is -1.87. The predicted octanol–water partition coefficient (Wildman–Crippen LogP) is 5.35. The van der Waals surface area contributed by atoms with Crippen molar-refractivity contribution in [1.29, 1.82) is 0 Å². The maximum absolute atomic E-state index is 13.6. The fourth-order valence-corrected chi connectivity index (χ4v) is 5.30. The number of hydrogen-bond acceptors (Lipinski definition) is 7. The number of aromatic nitrogens is 2. The molecule has 184 valence electrons. The van der Waals surface area contributed by atoms with Crippen molar-refractivity contribution in [3.63, 3.8) is 0 Å². The molecule has 8 nitrogen and oxygen atoms in total. The van der Waals surface area contributed by atoms with Crippen LogP contribution in [0.5, 0.6) is 0 Å². The number of hydrogen-bond donors (Lipinski definition) is 0. The standard InChI is InChI=1S/C22H33FN3O5PS/c1-7-13-30-32(27,31-14-8-2)15-19-20(16(3)4)24-22(26(5)33(6,28)29)25-21(19)17-9-11-18(23)12-10-17/h9-12,16H,7-8,13-15H2,1-6H3. The van der Waals surface area contributed by atoms with E-state index in [-0.39, 0.29) is 31.2 Å². The van der Waals surface area contributed by atoms with E-state index in [0.29, 0.717) is 35.4 Å². The number of benzene rings is 1. The molecule has 0 saturated heterocycles. The van der Waals surface area contributed by atoms with Crippen molar-refractivity contribution in [2.75, 3.05) is 30.8 Å². The fourth-order valence-electron chi connectivity index (χ4n) is 3.04. The molecule has 0 radical (unpaired) electrons. The van der Waals surface area contributed by atoms with Crippen LogP contribution in [-0.2, 0) is 29.8 Å². The second kappa shape index (κ2) is 11.5. The minimum Gasteiger partial charge on any atom is -0.308 e. The molecule has 0 bridgehead atoms. The second-order valence-electron chi connectivity index (χ2n) is 8.06. The van der Waals surface area contributed by atoms with Crippen LogP contribution in [0.1, 0.15) is 57.7 Å². The van der Waals surface area contributed by atoms with E-state index < -0.39 is 23.4 Å². The Balaban J connectivity index is 2.77. The molecule has 0 spiro atoms. The van der Waals surface area contributed by atoms with E-state index in [1.165, 1.54) is 19.2 Å². The summed E-state index contributed by atoms with van der Waals surface area (Å²) in [5.41, 5.74) is 1.95. The van der Waals surface area contributed by atoms with Crippen molar-refractivity contribution in [2.24, 2.45) is 0 Å². The number of sulfonamides is 1. The van der Waals surface area contributed by atoms with Crippen LogP contribution in [0.25, 0.3) is 11.3 Å². The van der Waals surface area contributed by atoms with Gasteiger partial charge in [0.25, 0.3) is 0 Å². The predicted molar refractivity (Wildman–Crippen MR) is 129 cm³/mol. The number of rotatable bonds is 12. The SMILES string of the molecule is CCCOP(=O)(Cc1c(-c2ccc(F)cc2)nc(N(C)S(C)(=O)=O)nc1C(C)C)OCCC. The van der Waals surface area contributed by atoms with Crippen LogP contribution in [0.2, 0.25) is 0 Å². The molecule has 0 aliphatic rings. The number of nitrogens with zero attached hydrogens (tertiary/aromatic N) is 3. The van der Waals surface area contributed by atoms with Gasteiger partial charge in [-0.3, -0.25) is 4.57 Å². The summed E-state index contributed by atoms with van der Waals surface area (Å²) in [6, 6.07) is 5.66. The highest BCUT2D eigenvalue weighted by atomic mass is 32.2. The zero-order valence-corrected chi connectivity index (χ0v) is 21.7. The molecule has 0 aliphatic heterocycles. The summed E-state index contributed by atoms with van der Waals surface area (Å²) in [6.07, 6.45) is 2.30. The van der Waals surface area contributed by atoms with Gasteiger partial charge in [-0.05, 0) is 43.0 Å². The van der Waals surface area contributed by atoms with Crippen molar-refractivity contribution in [2.45, 2.75) is 52.6 Å². The summed E-state index contributed by atoms with van der Waals surface area (Å²) in [4.78, 5) is 9.02. The maximum atomic E-state index is 13.6. The minimum atomic E-state index is -3.63. The van der Waals surface area contributed by atoms with Crippen LogP contribution < -0.4 is 4.31 Å². The Morgan fingerprint density at radius 1 is 1.06 bits per heavy atom. The first-order chi connectivity index (χ1) is 15.4. The van der Waals surface area contributed by atoms with Crippen LogP contribution in [0.3, 0.4) is 0 Å². The minimum absolute atomic E-state index is 0.0249. The van der Waals surface area contributed by atoms with Gasteiger partial charge in [0.15, 0.2) is 0 Å². The van der Waals surface area contributed by atoms with Gasteiger partial charge >= 0.3 is 7.60 Å². The number of halogens is 1. The lowest BCUT2D eigenvalue weighted by molar-refractivity contribution is 0.203. The molecule has 1 aromatic heterocycles.